The molecule has 2 amide bonds. The van der Waals surface area contributed by atoms with E-state index in [1.54, 1.807) is 30.3 Å². The number of rotatable bonds is 14. The first-order valence-corrected chi connectivity index (χ1v) is 15.6. The number of nitrogens with zero attached hydrogens (tertiary/aromatic N) is 2. The zero-order valence-corrected chi connectivity index (χ0v) is 25.2. The van der Waals surface area contributed by atoms with Crippen LogP contribution in [0.5, 0.6) is 0 Å². The summed E-state index contributed by atoms with van der Waals surface area (Å²) < 4.78 is 26.4. The summed E-state index contributed by atoms with van der Waals surface area (Å²) in [4.78, 5) is 28.2. The first-order chi connectivity index (χ1) is 17.9. The number of halogens is 2. The average Bonchev–Trinajstić information content (AvgIpc) is 2.87. The number of aryl methyl sites for hydroxylation is 1. The third kappa shape index (κ3) is 8.89. The lowest BCUT2D eigenvalue weighted by atomic mass is 10.1. The molecule has 38 heavy (non-hydrogen) atoms. The predicted molar refractivity (Wildman–Crippen MR) is 156 cm³/mol. The molecule has 0 unspecified atom stereocenters. The molecule has 0 saturated carbocycles. The van der Waals surface area contributed by atoms with Gasteiger partial charge in [-0.25, -0.2) is 8.42 Å². The molecule has 0 bridgehead atoms. The van der Waals surface area contributed by atoms with Crippen molar-refractivity contribution < 1.29 is 18.0 Å². The molecule has 0 heterocycles. The van der Waals surface area contributed by atoms with E-state index < -0.39 is 16.1 Å². The molecule has 2 aromatic rings. The second-order valence-electron chi connectivity index (χ2n) is 9.42. The highest BCUT2D eigenvalue weighted by Gasteiger charge is 2.30. The van der Waals surface area contributed by atoms with E-state index in [0.29, 0.717) is 27.7 Å². The van der Waals surface area contributed by atoms with Crippen LogP contribution in [0.25, 0.3) is 0 Å². The van der Waals surface area contributed by atoms with E-state index in [1.165, 1.54) is 9.21 Å². The van der Waals surface area contributed by atoms with Gasteiger partial charge in [-0.2, -0.15) is 0 Å². The van der Waals surface area contributed by atoms with Gasteiger partial charge in [0.25, 0.3) is 0 Å². The van der Waals surface area contributed by atoms with E-state index in [1.807, 2.05) is 39.8 Å². The first kappa shape index (κ1) is 31.9. The standard InChI is InChI=1S/C28H39Cl2N3O4S/c1-6-20(4)31-28(35)26(8-3)32(19-23-24(29)11-9-12-25(23)30)27(34)13-10-18-33(38(5,36)37)22-16-14-21(7-2)15-17-22/h9,11-12,14-17,20,26H,6-8,10,13,18-19H2,1-5H3,(H,31,35)/t20-,26+/m0/s1. The van der Waals surface area contributed by atoms with Gasteiger partial charge in [0.15, 0.2) is 0 Å². The Morgan fingerprint density at radius 3 is 2.08 bits per heavy atom. The molecule has 2 atom stereocenters. The molecule has 0 aliphatic carbocycles. The monoisotopic (exact) mass is 583 g/mol. The van der Waals surface area contributed by atoms with Crippen LogP contribution in [0, 0.1) is 0 Å². The maximum atomic E-state index is 13.6. The molecular weight excluding hydrogens is 545 g/mol. The number of benzene rings is 2. The van der Waals surface area contributed by atoms with E-state index in [4.69, 9.17) is 23.2 Å². The second kappa shape index (κ2) is 14.8. The van der Waals surface area contributed by atoms with E-state index in [-0.39, 0.29) is 43.8 Å². The van der Waals surface area contributed by atoms with Gasteiger partial charge >= 0.3 is 0 Å². The summed E-state index contributed by atoms with van der Waals surface area (Å²) in [5.74, 6) is -0.519. The van der Waals surface area contributed by atoms with Crippen LogP contribution >= 0.6 is 23.2 Å². The Balaban J connectivity index is 2.27. The third-order valence-corrected chi connectivity index (χ3v) is 8.46. The van der Waals surface area contributed by atoms with Crippen molar-refractivity contribution in [2.75, 3.05) is 17.1 Å². The van der Waals surface area contributed by atoms with Gasteiger partial charge in [0.1, 0.15) is 6.04 Å². The van der Waals surface area contributed by atoms with Crippen LogP contribution in [0.4, 0.5) is 5.69 Å². The fourth-order valence-corrected chi connectivity index (χ4v) is 5.60. The minimum absolute atomic E-state index is 0.0418. The molecule has 1 N–H and O–H groups in total. The molecule has 0 aromatic heterocycles. The Morgan fingerprint density at radius 2 is 1.58 bits per heavy atom. The zero-order chi connectivity index (χ0) is 28.5. The van der Waals surface area contributed by atoms with Crippen molar-refractivity contribution in [1.82, 2.24) is 10.2 Å². The van der Waals surface area contributed by atoms with Crippen molar-refractivity contribution in [3.63, 3.8) is 0 Å². The van der Waals surface area contributed by atoms with Gasteiger partial charge in [-0.3, -0.25) is 13.9 Å². The minimum atomic E-state index is -3.56. The zero-order valence-electron chi connectivity index (χ0n) is 22.8. The number of carbonyl (C=O) groups is 2. The second-order valence-corrected chi connectivity index (χ2v) is 12.1. The molecule has 0 radical (unpaired) electrons. The molecule has 2 rings (SSSR count). The molecule has 2 aromatic carbocycles. The van der Waals surface area contributed by atoms with Gasteiger partial charge < -0.3 is 10.2 Å². The number of carbonyl (C=O) groups excluding carboxylic acids is 2. The van der Waals surface area contributed by atoms with Crippen LogP contribution in [-0.2, 0) is 32.6 Å². The predicted octanol–water partition coefficient (Wildman–Crippen LogP) is 5.82. The van der Waals surface area contributed by atoms with Crippen LogP contribution in [0.2, 0.25) is 10.0 Å². The topological polar surface area (TPSA) is 86.8 Å². The lowest BCUT2D eigenvalue weighted by molar-refractivity contribution is -0.141. The highest BCUT2D eigenvalue weighted by atomic mass is 35.5. The SMILES string of the molecule is CCc1ccc(N(CCCC(=O)N(Cc2c(Cl)cccc2Cl)[C@H](CC)C(=O)N[C@@H](C)CC)S(C)(=O)=O)cc1. The van der Waals surface area contributed by atoms with Crippen LogP contribution < -0.4 is 9.62 Å². The summed E-state index contributed by atoms with van der Waals surface area (Å²) in [7, 11) is -3.56. The number of nitrogens with one attached hydrogen (secondary N) is 1. The van der Waals surface area contributed by atoms with Crippen molar-refractivity contribution in [1.29, 1.82) is 0 Å². The number of sulfonamides is 1. The van der Waals surface area contributed by atoms with Crippen LogP contribution in [0.3, 0.4) is 0 Å². The number of amides is 2. The average molecular weight is 585 g/mol. The fraction of sp³-hybridized carbons (Fsp3) is 0.500. The Labute approximate surface area is 237 Å². The molecule has 210 valence electrons. The molecule has 0 spiro atoms. The largest absolute Gasteiger partial charge is 0.352 e. The summed E-state index contributed by atoms with van der Waals surface area (Å²) >= 11 is 12.8. The fourth-order valence-electron chi connectivity index (χ4n) is 4.12. The van der Waals surface area contributed by atoms with E-state index in [9.17, 15) is 18.0 Å². The van der Waals surface area contributed by atoms with Gasteiger partial charge in [-0.05, 0) is 62.4 Å². The molecular formula is C28H39Cl2N3O4S. The number of anilines is 1. The molecule has 10 heteroatoms. The molecule has 0 aliphatic heterocycles. The van der Waals surface area contributed by atoms with Crippen molar-refractivity contribution in [3.8, 4) is 0 Å². The summed E-state index contributed by atoms with van der Waals surface area (Å²) in [6.45, 7) is 7.96. The normalized spacial score (nSPS) is 13.0. The van der Waals surface area contributed by atoms with Gasteiger partial charge in [-0.1, -0.05) is 62.2 Å². The number of hydrogen-bond acceptors (Lipinski definition) is 4. The Bertz CT molecular complexity index is 1170. The summed E-state index contributed by atoms with van der Waals surface area (Å²) in [5.41, 5.74) is 2.22. The van der Waals surface area contributed by atoms with Gasteiger partial charge in [-0.15, -0.1) is 0 Å². The summed E-state index contributed by atoms with van der Waals surface area (Å²) in [6, 6.07) is 11.7. The summed E-state index contributed by atoms with van der Waals surface area (Å²) in [5, 5.41) is 3.79. The lowest BCUT2D eigenvalue weighted by Crippen LogP contribution is -2.50. The molecule has 0 saturated heterocycles. The van der Waals surface area contributed by atoms with Crippen LogP contribution in [0.1, 0.15) is 64.5 Å². The van der Waals surface area contributed by atoms with Crippen molar-refractivity contribution in [2.24, 2.45) is 0 Å². The van der Waals surface area contributed by atoms with E-state index in [0.717, 1.165) is 24.7 Å². The third-order valence-electron chi connectivity index (χ3n) is 6.56. The Hall–Kier alpha value is -2.29. The van der Waals surface area contributed by atoms with Crippen molar-refractivity contribution >= 4 is 50.7 Å². The lowest BCUT2D eigenvalue weighted by Gasteiger charge is -2.32. The smallest absolute Gasteiger partial charge is 0.243 e. The van der Waals surface area contributed by atoms with Crippen LogP contribution in [0.15, 0.2) is 42.5 Å². The van der Waals surface area contributed by atoms with Gasteiger partial charge in [0.2, 0.25) is 21.8 Å². The number of hydrogen-bond donors (Lipinski definition) is 1. The van der Waals surface area contributed by atoms with Crippen LogP contribution in [-0.4, -0.2) is 50.0 Å². The maximum Gasteiger partial charge on any atom is 0.243 e. The van der Waals surface area contributed by atoms with E-state index >= 15 is 0 Å². The van der Waals surface area contributed by atoms with Gasteiger partial charge in [0.05, 0.1) is 11.9 Å². The molecule has 0 fully saturated rings. The Morgan fingerprint density at radius 1 is 0.974 bits per heavy atom. The molecule has 0 aliphatic rings. The maximum absolute atomic E-state index is 13.6. The van der Waals surface area contributed by atoms with Gasteiger partial charge in [0, 0.05) is 41.2 Å². The molecule has 7 nitrogen and oxygen atoms in total. The highest BCUT2D eigenvalue weighted by molar-refractivity contribution is 7.92. The summed E-state index contributed by atoms with van der Waals surface area (Å²) in [6.07, 6.45) is 3.48. The quantitative estimate of drug-likeness (QED) is 0.303. The van der Waals surface area contributed by atoms with E-state index in [2.05, 4.69) is 5.32 Å². The first-order valence-electron chi connectivity index (χ1n) is 13.0. The van der Waals surface area contributed by atoms with Crippen molar-refractivity contribution in [3.05, 3.63) is 63.6 Å². The Kier molecular flexibility index (Phi) is 12.4. The highest BCUT2D eigenvalue weighted by Crippen LogP contribution is 2.28. The van der Waals surface area contributed by atoms with Crippen molar-refractivity contribution in [2.45, 2.75) is 78.4 Å². The minimum Gasteiger partial charge on any atom is -0.352 e.